The van der Waals surface area contributed by atoms with Crippen molar-refractivity contribution in [3.63, 3.8) is 0 Å². The smallest absolute Gasteiger partial charge is 0.0327 e. The molecular formula is C11H17BrN2S. The van der Waals surface area contributed by atoms with Crippen molar-refractivity contribution in [3.8, 4) is 0 Å². The molecular weight excluding hydrogens is 272 g/mol. The molecule has 2 nitrogen and oxygen atoms in total. The summed E-state index contributed by atoms with van der Waals surface area (Å²) in [6.07, 6.45) is 2.64. The van der Waals surface area contributed by atoms with Gasteiger partial charge in [-0.1, -0.05) is 0 Å². The Morgan fingerprint density at radius 1 is 1.47 bits per heavy atom. The second kappa shape index (κ2) is 5.99. The van der Waals surface area contributed by atoms with Gasteiger partial charge in [-0.25, -0.2) is 0 Å². The Morgan fingerprint density at radius 3 is 2.93 bits per heavy atom. The molecule has 0 aromatic carbocycles. The molecule has 2 rings (SSSR count). The quantitative estimate of drug-likeness (QED) is 0.890. The molecule has 0 spiro atoms. The lowest BCUT2D eigenvalue weighted by molar-refractivity contribution is 0.357. The largest absolute Gasteiger partial charge is 0.317 e. The van der Waals surface area contributed by atoms with Gasteiger partial charge in [0.2, 0.25) is 0 Å². The van der Waals surface area contributed by atoms with E-state index in [9.17, 15) is 0 Å². The van der Waals surface area contributed by atoms with Gasteiger partial charge in [0.05, 0.1) is 0 Å². The third-order valence-corrected chi connectivity index (χ3v) is 4.79. The first-order valence-corrected chi connectivity index (χ1v) is 7.17. The fraction of sp³-hybridized carbons (Fsp3) is 0.636. The van der Waals surface area contributed by atoms with Crippen LogP contribution >= 0.6 is 27.3 Å². The Balaban J connectivity index is 1.68. The Bertz CT molecular complexity index is 295. The molecule has 1 aromatic heterocycles. The molecule has 0 unspecified atom stereocenters. The van der Waals surface area contributed by atoms with Crippen LogP contribution in [0.3, 0.4) is 0 Å². The molecule has 84 valence electrons. The first-order valence-electron chi connectivity index (χ1n) is 5.49. The zero-order valence-electron chi connectivity index (χ0n) is 8.76. The van der Waals surface area contributed by atoms with Crippen molar-refractivity contribution in [2.45, 2.75) is 19.4 Å². The van der Waals surface area contributed by atoms with Gasteiger partial charge in [-0.2, -0.15) is 0 Å². The maximum absolute atomic E-state index is 3.55. The number of nitrogens with one attached hydrogen (secondary N) is 2. The lowest BCUT2D eigenvalue weighted by Gasteiger charge is -2.22. The number of rotatable bonds is 4. The van der Waals surface area contributed by atoms with Crippen LogP contribution in [0.15, 0.2) is 15.9 Å². The van der Waals surface area contributed by atoms with Gasteiger partial charge < -0.3 is 10.6 Å². The van der Waals surface area contributed by atoms with Gasteiger partial charge in [-0.3, -0.25) is 0 Å². The van der Waals surface area contributed by atoms with E-state index in [1.807, 2.05) is 11.3 Å². The van der Waals surface area contributed by atoms with E-state index in [2.05, 4.69) is 38.0 Å². The average molecular weight is 289 g/mol. The standard InChI is InChI=1S/C11H17BrN2S/c12-10-3-6-15-11(10)8-14-7-9-1-4-13-5-2-9/h3,6,9,13-14H,1-2,4-5,7-8H2. The molecule has 0 radical (unpaired) electrons. The predicted octanol–water partition coefficient (Wildman–Crippen LogP) is 2.60. The molecule has 1 fully saturated rings. The Hall–Kier alpha value is 0.1000. The summed E-state index contributed by atoms with van der Waals surface area (Å²) in [5.41, 5.74) is 0. The normalized spacial score (nSPS) is 18.2. The van der Waals surface area contributed by atoms with Gasteiger partial charge in [0, 0.05) is 15.9 Å². The Labute approximate surface area is 104 Å². The van der Waals surface area contributed by atoms with Crippen LogP contribution in [0.5, 0.6) is 0 Å². The van der Waals surface area contributed by atoms with Gasteiger partial charge >= 0.3 is 0 Å². The molecule has 0 aliphatic carbocycles. The summed E-state index contributed by atoms with van der Waals surface area (Å²) in [7, 11) is 0. The third kappa shape index (κ3) is 3.55. The molecule has 1 saturated heterocycles. The summed E-state index contributed by atoms with van der Waals surface area (Å²) in [6, 6.07) is 2.12. The molecule has 1 aliphatic rings. The Kier molecular flexibility index (Phi) is 4.62. The summed E-state index contributed by atoms with van der Waals surface area (Å²) in [5.74, 6) is 0.866. The van der Waals surface area contributed by atoms with Crippen molar-refractivity contribution < 1.29 is 0 Å². The molecule has 1 aromatic rings. The minimum absolute atomic E-state index is 0.866. The third-order valence-electron chi connectivity index (χ3n) is 2.87. The van der Waals surface area contributed by atoms with E-state index in [1.165, 1.54) is 35.3 Å². The minimum Gasteiger partial charge on any atom is -0.317 e. The van der Waals surface area contributed by atoms with Crippen LogP contribution in [0.1, 0.15) is 17.7 Å². The van der Waals surface area contributed by atoms with Crippen molar-refractivity contribution in [2.24, 2.45) is 5.92 Å². The second-order valence-corrected chi connectivity index (χ2v) is 5.87. The summed E-state index contributed by atoms with van der Waals surface area (Å²) < 4.78 is 1.24. The maximum Gasteiger partial charge on any atom is 0.0327 e. The molecule has 2 N–H and O–H groups in total. The number of hydrogen-bond acceptors (Lipinski definition) is 3. The van der Waals surface area contributed by atoms with Gasteiger partial charge in [0.1, 0.15) is 0 Å². The van der Waals surface area contributed by atoms with Gasteiger partial charge in [-0.05, 0) is 65.8 Å². The lowest BCUT2D eigenvalue weighted by Crippen LogP contribution is -2.33. The lowest BCUT2D eigenvalue weighted by atomic mass is 9.98. The van der Waals surface area contributed by atoms with Crippen LogP contribution in [0.2, 0.25) is 0 Å². The molecule has 15 heavy (non-hydrogen) atoms. The first kappa shape index (κ1) is 11.6. The molecule has 1 aliphatic heterocycles. The van der Waals surface area contributed by atoms with Crippen LogP contribution in [0.4, 0.5) is 0 Å². The summed E-state index contributed by atoms with van der Waals surface area (Å²) >= 11 is 5.37. The maximum atomic E-state index is 3.55. The highest BCUT2D eigenvalue weighted by molar-refractivity contribution is 9.10. The molecule has 4 heteroatoms. The van der Waals surface area contributed by atoms with E-state index < -0.39 is 0 Å². The van der Waals surface area contributed by atoms with E-state index in [1.54, 1.807) is 0 Å². The zero-order chi connectivity index (χ0) is 10.5. The van der Waals surface area contributed by atoms with Gasteiger partial charge in [0.25, 0.3) is 0 Å². The SMILES string of the molecule is Brc1ccsc1CNCC1CCNCC1. The number of hydrogen-bond donors (Lipinski definition) is 2. The highest BCUT2D eigenvalue weighted by Crippen LogP contribution is 2.22. The van der Waals surface area contributed by atoms with Gasteiger partial charge in [-0.15, -0.1) is 11.3 Å². The topological polar surface area (TPSA) is 24.1 Å². The molecule has 0 bridgehead atoms. The number of thiophene rings is 1. The van der Waals surface area contributed by atoms with Crippen LogP contribution in [-0.2, 0) is 6.54 Å². The van der Waals surface area contributed by atoms with Crippen molar-refractivity contribution in [1.29, 1.82) is 0 Å². The monoisotopic (exact) mass is 288 g/mol. The van der Waals surface area contributed by atoms with Crippen LogP contribution in [0.25, 0.3) is 0 Å². The molecule has 0 saturated carbocycles. The van der Waals surface area contributed by atoms with Crippen LogP contribution in [0, 0.1) is 5.92 Å². The highest BCUT2D eigenvalue weighted by Gasteiger charge is 2.12. The molecule has 2 heterocycles. The molecule has 0 atom stereocenters. The van der Waals surface area contributed by atoms with Crippen molar-refractivity contribution >= 4 is 27.3 Å². The summed E-state index contributed by atoms with van der Waals surface area (Å²) in [6.45, 7) is 4.54. The summed E-state index contributed by atoms with van der Waals surface area (Å²) in [4.78, 5) is 1.41. The van der Waals surface area contributed by atoms with E-state index >= 15 is 0 Å². The second-order valence-electron chi connectivity index (χ2n) is 4.02. The minimum atomic E-state index is 0.866. The van der Waals surface area contributed by atoms with E-state index in [0.29, 0.717) is 0 Å². The van der Waals surface area contributed by atoms with Crippen molar-refractivity contribution in [3.05, 3.63) is 20.8 Å². The highest BCUT2D eigenvalue weighted by atomic mass is 79.9. The fourth-order valence-corrected chi connectivity index (χ4v) is 3.39. The number of halogens is 1. The van der Waals surface area contributed by atoms with Gasteiger partial charge in [0.15, 0.2) is 0 Å². The predicted molar refractivity (Wildman–Crippen MR) is 69.3 cm³/mol. The van der Waals surface area contributed by atoms with E-state index in [4.69, 9.17) is 0 Å². The van der Waals surface area contributed by atoms with Crippen LogP contribution < -0.4 is 10.6 Å². The summed E-state index contributed by atoms with van der Waals surface area (Å²) in [5, 5.41) is 9.08. The number of piperidine rings is 1. The fourth-order valence-electron chi connectivity index (χ4n) is 1.93. The molecule has 0 amide bonds. The first-order chi connectivity index (χ1) is 7.36. The van der Waals surface area contributed by atoms with Crippen molar-refractivity contribution in [1.82, 2.24) is 10.6 Å². The van der Waals surface area contributed by atoms with Crippen LogP contribution in [-0.4, -0.2) is 19.6 Å². The van der Waals surface area contributed by atoms with E-state index in [-0.39, 0.29) is 0 Å². The van der Waals surface area contributed by atoms with Crippen molar-refractivity contribution in [2.75, 3.05) is 19.6 Å². The van der Waals surface area contributed by atoms with E-state index in [0.717, 1.165) is 19.0 Å². The zero-order valence-corrected chi connectivity index (χ0v) is 11.2. The Morgan fingerprint density at radius 2 is 2.27 bits per heavy atom. The average Bonchev–Trinajstić information content (AvgIpc) is 2.66.